The minimum atomic E-state index is -2.33. The van der Waals surface area contributed by atoms with Gasteiger partial charge in [-0.1, -0.05) is 0 Å². The quantitative estimate of drug-likeness (QED) is 0.226. The number of alkyl halides is 3. The lowest BCUT2D eigenvalue weighted by Gasteiger charge is -2.25. The van der Waals surface area contributed by atoms with Crippen molar-refractivity contribution in [3.63, 3.8) is 0 Å². The van der Waals surface area contributed by atoms with E-state index >= 15 is 0 Å². The normalized spacial score (nSPS) is 23.3. The fourth-order valence-corrected chi connectivity index (χ4v) is 1.52. The minimum absolute atomic E-state index is 0.0940. The number of rotatable bonds is 0. The summed E-state index contributed by atoms with van der Waals surface area (Å²) in [6.45, 7) is 0. The highest BCUT2D eigenvalue weighted by atomic mass is 35.6. The third-order valence-corrected chi connectivity index (χ3v) is 2.38. The highest BCUT2D eigenvalue weighted by Gasteiger charge is 2.63. The van der Waals surface area contributed by atoms with Crippen molar-refractivity contribution in [2.45, 2.75) is 16.8 Å². The van der Waals surface area contributed by atoms with Crippen LogP contribution in [0.25, 0.3) is 0 Å². The van der Waals surface area contributed by atoms with Crippen molar-refractivity contribution in [1.29, 1.82) is 0 Å². The molecular weight excluding hydrogens is 228 g/mol. The van der Waals surface area contributed by atoms with E-state index < -0.39 is 20.4 Å². The first-order chi connectivity index (χ1) is 5.30. The smallest absolute Gasteiger partial charge is 0.227 e. The van der Waals surface area contributed by atoms with Crippen LogP contribution >= 0.6 is 34.8 Å². The number of hydroxylamine groups is 3. The van der Waals surface area contributed by atoms with Crippen molar-refractivity contribution >= 4 is 46.6 Å². The summed E-state index contributed by atoms with van der Waals surface area (Å²) < 4.78 is -4.07. The van der Waals surface area contributed by atoms with Gasteiger partial charge in [0.05, 0.1) is 12.8 Å². The van der Waals surface area contributed by atoms with Crippen LogP contribution in [0.3, 0.4) is 0 Å². The molecule has 4 nitrogen and oxygen atoms in total. The van der Waals surface area contributed by atoms with Gasteiger partial charge in [-0.3, -0.25) is 0 Å². The Morgan fingerprint density at radius 2 is 1.50 bits per heavy atom. The Hall–Kier alpha value is 0.130. The Balaban J connectivity index is 3.11. The van der Waals surface area contributed by atoms with Crippen LogP contribution in [0.4, 0.5) is 0 Å². The van der Waals surface area contributed by atoms with E-state index in [9.17, 15) is 14.8 Å². The molecule has 0 spiro atoms. The molecule has 1 N–H and O–H groups in total. The van der Waals surface area contributed by atoms with Gasteiger partial charge in [0.25, 0.3) is 0 Å². The van der Waals surface area contributed by atoms with E-state index in [1.54, 1.807) is 0 Å². The number of imide groups is 1. The van der Waals surface area contributed by atoms with Crippen LogP contribution in [-0.4, -0.2) is 25.6 Å². The van der Waals surface area contributed by atoms with Crippen LogP contribution in [0, 0.1) is 0 Å². The predicted octanol–water partition coefficient (Wildman–Crippen LogP) is 1.37. The summed E-state index contributed by atoms with van der Waals surface area (Å²) in [7, 11) is 0. The zero-order chi connectivity index (χ0) is 9.57. The number of halogens is 3. The van der Waals surface area contributed by atoms with Crippen molar-refractivity contribution in [2.75, 3.05) is 0 Å². The second-order valence-corrected chi connectivity index (χ2v) is 4.61. The Morgan fingerprint density at radius 1 is 1.17 bits per heavy atom. The topological polar surface area (TPSA) is 54.4 Å². The highest BCUT2D eigenvalue weighted by Crippen LogP contribution is 2.41. The second kappa shape index (κ2) is 2.82. The molecule has 0 bridgehead atoms. The summed E-state index contributed by atoms with van der Waals surface area (Å²) >= 11 is 15.8. The lowest BCUT2D eigenvalue weighted by molar-refractivity contribution is -0.979. The van der Waals surface area contributed by atoms with Crippen LogP contribution in [0.2, 0.25) is 0 Å². The maximum Gasteiger partial charge on any atom is 0.374 e. The number of amides is 2. The number of likely N-dealkylation sites (tertiary alicyclic amines) is 1. The fourth-order valence-electron chi connectivity index (χ4n) is 0.959. The van der Waals surface area contributed by atoms with Crippen LogP contribution in [-0.2, 0) is 9.59 Å². The van der Waals surface area contributed by atoms with Crippen molar-refractivity contribution in [3.05, 3.63) is 0 Å². The lowest BCUT2D eigenvalue weighted by atomic mass is 10.4. The van der Waals surface area contributed by atoms with E-state index in [2.05, 4.69) is 0 Å². The van der Waals surface area contributed by atoms with Crippen LogP contribution in [0.5, 0.6) is 0 Å². The molecule has 7 heteroatoms. The maximum atomic E-state index is 11.0. The van der Waals surface area contributed by atoms with Gasteiger partial charge in [0.2, 0.25) is 0 Å². The van der Waals surface area contributed by atoms with E-state index in [0.717, 1.165) is 0 Å². The van der Waals surface area contributed by atoms with Gasteiger partial charge >= 0.3 is 15.7 Å². The average Bonchev–Trinajstić information content (AvgIpc) is 2.16. The fraction of sp³-hybridized carbons (Fsp3) is 0.600. The van der Waals surface area contributed by atoms with Gasteiger partial charge in [-0.25, -0.2) is 9.59 Å². The maximum absolute atomic E-state index is 11.0. The molecule has 1 heterocycles. The monoisotopic (exact) mass is 232 g/mol. The van der Waals surface area contributed by atoms with Gasteiger partial charge in [-0.15, -0.1) is 0 Å². The summed E-state index contributed by atoms with van der Waals surface area (Å²) in [6.07, 6.45) is -0.188. The highest BCUT2D eigenvalue weighted by molar-refractivity contribution is 6.66. The first kappa shape index (κ1) is 10.2. The summed E-state index contributed by atoms with van der Waals surface area (Å²) in [6, 6.07) is 0. The molecule has 0 atom stereocenters. The van der Waals surface area contributed by atoms with E-state index in [0.29, 0.717) is 0 Å². The van der Waals surface area contributed by atoms with Gasteiger partial charge < -0.3 is 0 Å². The average molecular weight is 233 g/mol. The van der Waals surface area contributed by atoms with Crippen molar-refractivity contribution in [1.82, 2.24) is 0 Å². The van der Waals surface area contributed by atoms with Gasteiger partial charge in [0.1, 0.15) is 0 Å². The third-order valence-electron chi connectivity index (χ3n) is 1.64. The predicted molar refractivity (Wildman–Crippen MR) is 41.6 cm³/mol. The molecule has 68 valence electrons. The molecule has 0 aliphatic carbocycles. The molecule has 0 radical (unpaired) electrons. The van der Waals surface area contributed by atoms with Crippen molar-refractivity contribution in [2.24, 2.45) is 0 Å². The molecule has 1 aliphatic heterocycles. The summed E-state index contributed by atoms with van der Waals surface area (Å²) in [5.41, 5.74) is 0. The van der Waals surface area contributed by atoms with Crippen LogP contribution in [0.15, 0.2) is 0 Å². The molecule has 0 aromatic rings. The summed E-state index contributed by atoms with van der Waals surface area (Å²) in [5, 5.41) is 9.41. The molecule has 0 aromatic carbocycles. The van der Waals surface area contributed by atoms with Gasteiger partial charge in [-0.05, 0) is 39.4 Å². The van der Waals surface area contributed by atoms with Gasteiger partial charge in [0.15, 0.2) is 0 Å². The van der Waals surface area contributed by atoms with E-state index in [1.807, 2.05) is 0 Å². The molecule has 0 saturated carbocycles. The largest absolute Gasteiger partial charge is 0.374 e. The van der Waals surface area contributed by atoms with E-state index in [-0.39, 0.29) is 12.8 Å². The molecule has 1 aliphatic rings. The number of hydrogen-bond acceptors (Lipinski definition) is 3. The second-order valence-electron chi connectivity index (χ2n) is 2.39. The Labute approximate surface area is 83.1 Å². The zero-order valence-corrected chi connectivity index (χ0v) is 8.03. The first-order valence-electron chi connectivity index (χ1n) is 3.05. The zero-order valence-electron chi connectivity index (χ0n) is 5.76. The van der Waals surface area contributed by atoms with E-state index in [1.165, 1.54) is 0 Å². The lowest BCUT2D eigenvalue weighted by Crippen LogP contribution is -2.57. The number of carbonyl (C=O) groups excluding carboxylic acids is 2. The first-order valence-corrected chi connectivity index (χ1v) is 4.19. The summed E-state index contributed by atoms with van der Waals surface area (Å²) in [4.78, 5) is 22.0. The molecule has 1 rings (SSSR count). The van der Waals surface area contributed by atoms with Gasteiger partial charge in [-0.2, -0.15) is 5.21 Å². The number of nitrogens with zero attached hydrogens (tertiary/aromatic N) is 1. The standard InChI is InChI=1S/C5H5Cl3NO3/c6-5(7,8)9(12)3(10)1-2-4(9)11/h12H,1-2H2/q+1. The molecule has 12 heavy (non-hydrogen) atoms. The Morgan fingerprint density at radius 3 is 1.67 bits per heavy atom. The third kappa shape index (κ3) is 1.24. The Bertz CT molecular complexity index is 231. The van der Waals surface area contributed by atoms with Crippen molar-refractivity contribution < 1.29 is 19.4 Å². The molecular formula is C5H5Cl3NO3+. The SMILES string of the molecule is O=C1CCC(=O)[N+]1(O)C(Cl)(Cl)Cl. The van der Waals surface area contributed by atoms with Crippen molar-refractivity contribution in [3.8, 4) is 0 Å². The number of carbonyl (C=O) groups is 2. The number of hydrogen-bond donors (Lipinski definition) is 1. The molecule has 0 aromatic heterocycles. The van der Waals surface area contributed by atoms with Crippen LogP contribution in [0.1, 0.15) is 12.8 Å². The number of quaternary nitrogens is 1. The van der Waals surface area contributed by atoms with E-state index in [4.69, 9.17) is 34.8 Å². The van der Waals surface area contributed by atoms with Gasteiger partial charge in [0, 0.05) is 0 Å². The summed E-state index contributed by atoms with van der Waals surface area (Å²) in [5.74, 6) is -1.58. The molecule has 2 amide bonds. The molecule has 1 saturated heterocycles. The molecule has 1 fully saturated rings. The molecule has 0 unspecified atom stereocenters. The Kier molecular flexibility index (Phi) is 2.40. The minimum Gasteiger partial charge on any atom is -0.227 e. The van der Waals surface area contributed by atoms with Crippen LogP contribution < -0.4 is 0 Å².